The first-order valence-corrected chi connectivity index (χ1v) is 7.63. The van der Waals surface area contributed by atoms with Crippen molar-refractivity contribution in [3.8, 4) is 11.5 Å². The van der Waals surface area contributed by atoms with E-state index in [2.05, 4.69) is 10.3 Å². The van der Waals surface area contributed by atoms with Crippen LogP contribution in [0.1, 0.15) is 18.4 Å². The van der Waals surface area contributed by atoms with Gasteiger partial charge in [0.05, 0.1) is 12.0 Å². The van der Waals surface area contributed by atoms with E-state index in [-0.39, 0.29) is 35.7 Å². The smallest absolute Gasteiger partial charge is 0.261 e. The number of aromatic hydroxyl groups is 2. The van der Waals surface area contributed by atoms with Gasteiger partial charge in [-0.15, -0.1) is 0 Å². The van der Waals surface area contributed by atoms with Crippen LogP contribution in [0.2, 0.25) is 0 Å². The summed E-state index contributed by atoms with van der Waals surface area (Å²) in [4.78, 5) is 26.4. The number of aromatic nitrogens is 1. The van der Waals surface area contributed by atoms with Gasteiger partial charge >= 0.3 is 0 Å². The van der Waals surface area contributed by atoms with E-state index >= 15 is 0 Å². The molecule has 1 aromatic carbocycles. The number of piperidine rings is 1. The summed E-state index contributed by atoms with van der Waals surface area (Å²) < 4.78 is 0. The number of benzene rings is 1. The molecule has 1 aromatic heterocycles. The fourth-order valence-electron chi connectivity index (χ4n) is 3.22. The molecule has 0 atom stereocenters. The second kappa shape index (κ2) is 5.27. The summed E-state index contributed by atoms with van der Waals surface area (Å²) >= 11 is 0. The zero-order chi connectivity index (χ0) is 17.7. The third-order valence-electron chi connectivity index (χ3n) is 4.32. The summed E-state index contributed by atoms with van der Waals surface area (Å²) in [5.74, 6) is -1.50. The molecule has 2 aliphatic rings. The molecule has 0 bridgehead atoms. The molecule has 7 heteroatoms. The van der Waals surface area contributed by atoms with Crippen molar-refractivity contribution in [2.75, 3.05) is 0 Å². The van der Waals surface area contributed by atoms with E-state index in [4.69, 9.17) is 0 Å². The Kier molecular flexibility index (Phi) is 3.18. The van der Waals surface area contributed by atoms with E-state index in [1.807, 2.05) is 0 Å². The number of phenols is 2. The number of aliphatic hydroxyl groups is 1. The Bertz CT molecular complexity index is 1040. The van der Waals surface area contributed by atoms with Gasteiger partial charge in [-0.25, -0.2) is 0 Å². The number of amides is 2. The Hall–Kier alpha value is -3.48. The molecule has 126 valence electrons. The van der Waals surface area contributed by atoms with Gasteiger partial charge in [0.15, 0.2) is 11.5 Å². The first-order chi connectivity index (χ1) is 11.9. The molecule has 0 saturated carbocycles. The van der Waals surface area contributed by atoms with Crippen LogP contribution in [0.4, 0.5) is 0 Å². The van der Waals surface area contributed by atoms with E-state index in [0.29, 0.717) is 16.5 Å². The van der Waals surface area contributed by atoms with Gasteiger partial charge in [0.1, 0.15) is 5.76 Å². The van der Waals surface area contributed by atoms with Gasteiger partial charge in [0.2, 0.25) is 5.91 Å². The molecule has 0 spiro atoms. The predicted molar refractivity (Wildman–Crippen MR) is 89.7 cm³/mol. The summed E-state index contributed by atoms with van der Waals surface area (Å²) in [5.41, 5.74) is 2.79. The lowest BCUT2D eigenvalue weighted by Gasteiger charge is -2.23. The highest BCUT2D eigenvalue weighted by molar-refractivity contribution is 6.12. The Morgan fingerprint density at radius 2 is 1.80 bits per heavy atom. The van der Waals surface area contributed by atoms with E-state index < -0.39 is 11.8 Å². The average Bonchev–Trinajstić information content (AvgIpc) is 2.88. The van der Waals surface area contributed by atoms with E-state index in [1.165, 1.54) is 12.1 Å². The molecule has 4 rings (SSSR count). The van der Waals surface area contributed by atoms with Crippen molar-refractivity contribution < 1.29 is 24.9 Å². The number of phenolic OH excluding ortho intramolecular Hbond substituents is 2. The van der Waals surface area contributed by atoms with Crippen LogP contribution in [0.3, 0.4) is 0 Å². The molecule has 1 fully saturated rings. The molecule has 5 N–H and O–H groups in total. The maximum absolute atomic E-state index is 11.9. The molecule has 2 heterocycles. The molecule has 2 aromatic rings. The number of hydrogen-bond donors (Lipinski definition) is 5. The standard InChI is InChI=1S/C18H14N2O5/c21-13-5-11-10(7-19-12(11)6-14(13)22)2-8-1-9-4-16(24)20-18(25)17(9)15(23)3-8/h1-2,5-7,19,21-23H,3-4H2,(H,20,24,25). The number of H-pyrrole nitrogens is 1. The Morgan fingerprint density at radius 1 is 1.04 bits per heavy atom. The van der Waals surface area contributed by atoms with Crippen LogP contribution >= 0.6 is 0 Å². The minimum atomic E-state index is -0.577. The van der Waals surface area contributed by atoms with Crippen molar-refractivity contribution in [2.24, 2.45) is 0 Å². The van der Waals surface area contributed by atoms with E-state index in [9.17, 15) is 24.9 Å². The van der Waals surface area contributed by atoms with Crippen molar-refractivity contribution in [1.82, 2.24) is 10.3 Å². The molecule has 0 radical (unpaired) electrons. The maximum Gasteiger partial charge on any atom is 0.261 e. The van der Waals surface area contributed by atoms with Crippen LogP contribution in [0.5, 0.6) is 11.5 Å². The van der Waals surface area contributed by atoms with Crippen LogP contribution in [0.15, 0.2) is 46.9 Å². The van der Waals surface area contributed by atoms with Gasteiger partial charge in [-0.1, -0.05) is 6.08 Å². The summed E-state index contributed by atoms with van der Waals surface area (Å²) in [6.45, 7) is 0. The zero-order valence-electron chi connectivity index (χ0n) is 13.0. The van der Waals surface area contributed by atoms with Crippen LogP contribution in [0, 0.1) is 0 Å². The quantitative estimate of drug-likeness (QED) is 0.403. The predicted octanol–water partition coefficient (Wildman–Crippen LogP) is 2.15. The molecule has 25 heavy (non-hydrogen) atoms. The Balaban J connectivity index is 1.78. The third kappa shape index (κ3) is 2.46. The molecule has 0 unspecified atom stereocenters. The monoisotopic (exact) mass is 338 g/mol. The molecular weight excluding hydrogens is 324 g/mol. The number of aliphatic hydroxyl groups excluding tert-OH is 1. The van der Waals surface area contributed by atoms with E-state index in [0.717, 1.165) is 11.1 Å². The topological polar surface area (TPSA) is 123 Å². The highest BCUT2D eigenvalue weighted by Gasteiger charge is 2.31. The number of rotatable bonds is 1. The third-order valence-corrected chi connectivity index (χ3v) is 4.32. The molecule has 7 nitrogen and oxygen atoms in total. The van der Waals surface area contributed by atoms with Crippen molar-refractivity contribution in [2.45, 2.75) is 12.8 Å². The lowest BCUT2D eigenvalue weighted by molar-refractivity contribution is -0.129. The number of nitrogens with one attached hydrogen (secondary N) is 2. The van der Waals surface area contributed by atoms with E-state index in [1.54, 1.807) is 18.3 Å². The minimum Gasteiger partial charge on any atom is -0.511 e. The number of carbonyl (C=O) groups is 2. The van der Waals surface area contributed by atoms with Crippen LogP contribution in [0.25, 0.3) is 17.0 Å². The van der Waals surface area contributed by atoms with Crippen molar-refractivity contribution >= 4 is 28.8 Å². The number of imide groups is 1. The average molecular weight is 338 g/mol. The largest absolute Gasteiger partial charge is 0.511 e. The van der Waals surface area contributed by atoms with Gasteiger partial charge < -0.3 is 20.3 Å². The summed E-state index contributed by atoms with van der Waals surface area (Å²) in [7, 11) is 0. The van der Waals surface area contributed by atoms with Crippen LogP contribution < -0.4 is 5.32 Å². The summed E-state index contributed by atoms with van der Waals surface area (Å²) in [5, 5.41) is 32.3. The Labute approximate surface area is 141 Å². The summed E-state index contributed by atoms with van der Waals surface area (Å²) in [6.07, 6.45) is 5.43. The van der Waals surface area contributed by atoms with Crippen molar-refractivity contribution in [3.63, 3.8) is 0 Å². The number of allylic oxidation sites excluding steroid dienone is 2. The minimum absolute atomic E-state index is 0.0328. The fourth-order valence-corrected chi connectivity index (χ4v) is 3.22. The molecular formula is C18H14N2O5. The van der Waals surface area contributed by atoms with Crippen molar-refractivity contribution in [1.29, 1.82) is 0 Å². The molecule has 2 amide bonds. The molecule has 1 aliphatic heterocycles. The lowest BCUT2D eigenvalue weighted by Crippen LogP contribution is -2.38. The van der Waals surface area contributed by atoms with Gasteiger partial charge in [0.25, 0.3) is 5.91 Å². The molecule has 1 aliphatic carbocycles. The lowest BCUT2D eigenvalue weighted by atomic mass is 9.87. The number of carbonyl (C=O) groups excluding carboxylic acids is 2. The second-order valence-corrected chi connectivity index (χ2v) is 6.07. The molecule has 1 saturated heterocycles. The van der Waals surface area contributed by atoms with Gasteiger partial charge in [-0.2, -0.15) is 0 Å². The number of fused-ring (bicyclic) bond motifs is 2. The van der Waals surface area contributed by atoms with Crippen LogP contribution in [-0.2, 0) is 9.59 Å². The normalized spacial score (nSPS) is 19.2. The first kappa shape index (κ1) is 15.1. The highest BCUT2D eigenvalue weighted by atomic mass is 16.3. The second-order valence-electron chi connectivity index (χ2n) is 6.07. The number of aromatic amines is 1. The summed E-state index contributed by atoms with van der Waals surface area (Å²) in [6, 6.07) is 2.87. The first-order valence-electron chi connectivity index (χ1n) is 7.63. The fraction of sp³-hybridized carbons (Fsp3) is 0.111. The Morgan fingerprint density at radius 3 is 2.60 bits per heavy atom. The SMILES string of the molecule is O=C1CC2=CC(=Cc3c[nH]c4cc(O)c(O)cc34)CC(O)=C2C(=O)N1. The maximum atomic E-state index is 11.9. The van der Waals surface area contributed by atoms with Crippen molar-refractivity contribution in [3.05, 3.63) is 52.4 Å². The van der Waals surface area contributed by atoms with Crippen LogP contribution in [-0.4, -0.2) is 32.1 Å². The number of hydrogen-bond acceptors (Lipinski definition) is 5. The van der Waals surface area contributed by atoms with Gasteiger partial charge in [-0.3, -0.25) is 14.9 Å². The zero-order valence-corrected chi connectivity index (χ0v) is 13.0. The van der Waals surface area contributed by atoms with Gasteiger partial charge in [0, 0.05) is 35.2 Å². The highest BCUT2D eigenvalue weighted by Crippen LogP contribution is 2.35. The van der Waals surface area contributed by atoms with Gasteiger partial charge in [-0.05, 0) is 23.3 Å².